The summed E-state index contributed by atoms with van der Waals surface area (Å²) < 4.78 is 29.3. The number of rotatable bonds is 4. The van der Waals surface area contributed by atoms with Crippen LogP contribution in [0.3, 0.4) is 0 Å². The number of carbonyl (C=O) groups is 1. The Balaban J connectivity index is 0.000000817. The summed E-state index contributed by atoms with van der Waals surface area (Å²) in [5.41, 5.74) is 8.01. The van der Waals surface area contributed by atoms with Gasteiger partial charge >= 0.3 is 0 Å². The molecular formula is C20H23IN2O3S. The molecule has 0 aliphatic heterocycles. The highest BCUT2D eigenvalue weighted by Gasteiger charge is 2.26. The van der Waals surface area contributed by atoms with E-state index in [0.29, 0.717) is 11.3 Å². The Labute approximate surface area is 173 Å². The van der Waals surface area contributed by atoms with Gasteiger partial charge in [-0.2, -0.15) is 0 Å². The molecule has 0 aliphatic rings. The number of nitrogens with two attached hydrogens (primary N) is 1. The number of benzene rings is 2. The number of hydrogen-bond acceptors (Lipinski definition) is 3. The van der Waals surface area contributed by atoms with E-state index in [4.69, 9.17) is 4.79 Å². The highest BCUT2D eigenvalue weighted by Crippen LogP contribution is 2.34. The Kier molecular flexibility index (Phi) is 7.05. The van der Waals surface area contributed by atoms with Crippen molar-refractivity contribution in [2.75, 3.05) is 0 Å². The summed E-state index contributed by atoms with van der Waals surface area (Å²) in [5, 5.41) is 1.06. The van der Waals surface area contributed by atoms with Crippen molar-refractivity contribution in [3.8, 4) is 0 Å². The van der Waals surface area contributed by atoms with Gasteiger partial charge in [0.05, 0.1) is 10.4 Å². The summed E-state index contributed by atoms with van der Waals surface area (Å²) in [5.74, 6) is 0. The van der Waals surface area contributed by atoms with Crippen molar-refractivity contribution in [3.63, 3.8) is 0 Å². The maximum Gasteiger partial charge on any atom is 0.268 e. The van der Waals surface area contributed by atoms with Crippen molar-refractivity contribution in [1.29, 1.82) is 0 Å². The van der Waals surface area contributed by atoms with Crippen LogP contribution in [0.25, 0.3) is 10.9 Å². The molecular weight excluding hydrogens is 475 g/mol. The van der Waals surface area contributed by atoms with Gasteiger partial charge in [0.25, 0.3) is 10.0 Å². The first-order valence-electron chi connectivity index (χ1n) is 8.61. The number of halogens is 1. The summed E-state index contributed by atoms with van der Waals surface area (Å²) in [4.78, 5) is 8.92. The fourth-order valence-corrected chi connectivity index (χ4v) is 5.66. The molecule has 0 radical (unpaired) electrons. The lowest BCUT2D eigenvalue weighted by Crippen LogP contribution is -2.16. The first-order valence-corrected chi connectivity index (χ1v) is 11.1. The molecule has 2 aromatic carbocycles. The first kappa shape index (κ1) is 21.4. The summed E-state index contributed by atoms with van der Waals surface area (Å²) in [6.45, 7) is 6.05. The number of fused-ring (bicyclic) bond motifs is 1. The zero-order valence-corrected chi connectivity index (χ0v) is 18.5. The quantitative estimate of drug-likeness (QED) is 0.436. The van der Waals surface area contributed by atoms with Gasteiger partial charge in [-0.15, -0.1) is 0 Å². The average molecular weight is 498 g/mol. The molecule has 0 spiro atoms. The fourth-order valence-electron chi connectivity index (χ4n) is 3.22. The highest BCUT2D eigenvalue weighted by molar-refractivity contribution is 14.1. The predicted octanol–water partition coefficient (Wildman–Crippen LogP) is 4.02. The van der Waals surface area contributed by atoms with E-state index in [-0.39, 0.29) is 6.41 Å². The van der Waals surface area contributed by atoms with Crippen molar-refractivity contribution in [1.82, 2.24) is 3.97 Å². The van der Waals surface area contributed by atoms with Gasteiger partial charge in [0.1, 0.15) is 0 Å². The zero-order valence-electron chi connectivity index (χ0n) is 15.6. The molecule has 5 nitrogen and oxygen atoms in total. The van der Waals surface area contributed by atoms with E-state index in [2.05, 4.69) is 35.2 Å². The minimum atomic E-state index is -3.62. The molecule has 0 atom stereocenters. The van der Waals surface area contributed by atoms with E-state index in [1.54, 1.807) is 16.1 Å². The predicted molar refractivity (Wildman–Crippen MR) is 117 cm³/mol. The Morgan fingerprint density at radius 1 is 1.07 bits per heavy atom. The maximum atomic E-state index is 13.3. The summed E-state index contributed by atoms with van der Waals surface area (Å²) in [7, 11) is -3.62. The van der Waals surface area contributed by atoms with Crippen LogP contribution in [0.2, 0.25) is 0 Å². The molecule has 3 aromatic rings. The largest absolute Gasteiger partial charge is 0.372 e. The Bertz CT molecular complexity index is 1060. The second-order valence-corrected chi connectivity index (χ2v) is 8.93. The molecule has 0 bridgehead atoms. The van der Waals surface area contributed by atoms with E-state index >= 15 is 0 Å². The van der Waals surface area contributed by atoms with Gasteiger partial charge in [0.15, 0.2) is 0 Å². The summed E-state index contributed by atoms with van der Waals surface area (Å²) in [6, 6.07) is 12.9. The second-order valence-electron chi connectivity index (χ2n) is 5.98. The lowest BCUT2D eigenvalue weighted by molar-refractivity contribution is -0.106. The Hall–Kier alpha value is -1.87. The van der Waals surface area contributed by atoms with Crippen LogP contribution < -0.4 is 5.73 Å². The van der Waals surface area contributed by atoms with Crippen molar-refractivity contribution < 1.29 is 13.2 Å². The van der Waals surface area contributed by atoms with Crippen LogP contribution in [0.1, 0.15) is 30.7 Å². The zero-order chi connectivity index (χ0) is 20.2. The number of amides is 1. The van der Waals surface area contributed by atoms with Gasteiger partial charge < -0.3 is 5.73 Å². The van der Waals surface area contributed by atoms with Crippen LogP contribution in [0.15, 0.2) is 47.4 Å². The number of nitrogens with zero attached hydrogens (tertiary/aromatic N) is 1. The second kappa shape index (κ2) is 8.88. The van der Waals surface area contributed by atoms with Gasteiger partial charge in [-0.1, -0.05) is 37.6 Å². The van der Waals surface area contributed by atoms with Crippen molar-refractivity contribution in [2.45, 2.75) is 38.5 Å². The molecule has 0 unspecified atom stereocenters. The third kappa shape index (κ3) is 4.03. The molecule has 27 heavy (non-hydrogen) atoms. The van der Waals surface area contributed by atoms with Crippen molar-refractivity contribution in [2.24, 2.45) is 5.73 Å². The van der Waals surface area contributed by atoms with Crippen LogP contribution in [0.4, 0.5) is 0 Å². The highest BCUT2D eigenvalue weighted by atomic mass is 127. The Morgan fingerprint density at radius 2 is 1.67 bits per heavy atom. The third-order valence-corrected chi connectivity index (χ3v) is 7.02. The molecule has 0 saturated carbocycles. The molecule has 1 amide bonds. The number of hydrogen-bond donors (Lipinski definition) is 1. The molecule has 0 saturated heterocycles. The molecule has 0 fully saturated rings. The standard InChI is InChI=1S/C19H20INO2S.CH3NO/c1-4-15-17(5-2)21(18-8-6-7-16(20)19(15)18)24(22,23)14-11-9-13(3)10-12-14;2-1-3/h6-12H,4-5H2,1-3H3;1H,(H2,2,3). The van der Waals surface area contributed by atoms with Gasteiger partial charge in [-0.05, 0) is 72.2 Å². The molecule has 0 aliphatic carbocycles. The van der Waals surface area contributed by atoms with Gasteiger partial charge in [-0.3, -0.25) is 4.79 Å². The molecule has 1 aromatic heterocycles. The average Bonchev–Trinajstić information content (AvgIpc) is 2.98. The van der Waals surface area contributed by atoms with Crippen LogP contribution in [0.5, 0.6) is 0 Å². The van der Waals surface area contributed by atoms with Crippen LogP contribution in [-0.2, 0) is 27.7 Å². The number of aromatic nitrogens is 1. The number of primary amides is 1. The monoisotopic (exact) mass is 498 g/mol. The van der Waals surface area contributed by atoms with Gasteiger partial charge in [0, 0.05) is 14.7 Å². The van der Waals surface area contributed by atoms with Crippen molar-refractivity contribution in [3.05, 3.63) is 62.9 Å². The van der Waals surface area contributed by atoms with E-state index in [9.17, 15) is 8.42 Å². The van der Waals surface area contributed by atoms with Gasteiger partial charge in [0.2, 0.25) is 6.41 Å². The molecule has 3 rings (SSSR count). The normalized spacial score (nSPS) is 11.1. The van der Waals surface area contributed by atoms with E-state index in [1.165, 1.54) is 0 Å². The lowest BCUT2D eigenvalue weighted by atomic mass is 10.1. The van der Waals surface area contributed by atoms with E-state index < -0.39 is 10.0 Å². The number of aryl methyl sites for hydroxylation is 2. The summed E-state index contributed by atoms with van der Waals surface area (Å²) in [6.07, 6.45) is 1.75. The SMILES string of the molecule is CCc1c(CC)n(S(=O)(=O)c2ccc(C)cc2)c2cccc(I)c12.NC=O. The Morgan fingerprint density at radius 3 is 2.19 bits per heavy atom. The molecule has 7 heteroatoms. The lowest BCUT2D eigenvalue weighted by Gasteiger charge is -2.12. The first-order chi connectivity index (χ1) is 12.8. The minimum Gasteiger partial charge on any atom is -0.372 e. The molecule has 1 heterocycles. The van der Waals surface area contributed by atoms with Crippen LogP contribution >= 0.6 is 22.6 Å². The maximum absolute atomic E-state index is 13.3. The fraction of sp³-hybridized carbons (Fsp3) is 0.250. The summed E-state index contributed by atoms with van der Waals surface area (Å²) >= 11 is 2.29. The molecule has 144 valence electrons. The molecule has 2 N–H and O–H groups in total. The van der Waals surface area contributed by atoms with Crippen LogP contribution in [0, 0.1) is 10.5 Å². The number of carbonyl (C=O) groups excluding carboxylic acids is 1. The van der Waals surface area contributed by atoms with E-state index in [1.807, 2.05) is 44.2 Å². The van der Waals surface area contributed by atoms with Gasteiger partial charge in [-0.25, -0.2) is 12.4 Å². The van der Waals surface area contributed by atoms with Crippen molar-refractivity contribution >= 4 is 49.9 Å². The van der Waals surface area contributed by atoms with Crippen LogP contribution in [-0.4, -0.2) is 18.8 Å². The van der Waals surface area contributed by atoms with E-state index in [0.717, 1.165) is 37.7 Å². The smallest absolute Gasteiger partial charge is 0.268 e. The minimum absolute atomic E-state index is 0.250. The third-order valence-electron chi connectivity index (χ3n) is 4.35. The topological polar surface area (TPSA) is 82.2 Å².